The summed E-state index contributed by atoms with van der Waals surface area (Å²) in [5, 5.41) is 7.81. The van der Waals surface area contributed by atoms with Gasteiger partial charge in [-0.15, -0.1) is 0 Å². The molecule has 4 heteroatoms. The molecule has 0 unspecified atom stereocenters. The Balaban J connectivity index is 1.43. The Hall–Kier alpha value is -3.92. The van der Waals surface area contributed by atoms with Crippen LogP contribution < -0.4 is 10.6 Å². The smallest absolute Gasteiger partial charge is 0.251 e. The normalized spacial score (nSPS) is 10.7. The minimum absolute atomic E-state index is 0.0954. The van der Waals surface area contributed by atoms with E-state index in [-0.39, 0.29) is 24.4 Å². The van der Waals surface area contributed by atoms with E-state index in [1.807, 2.05) is 97.1 Å². The summed E-state index contributed by atoms with van der Waals surface area (Å²) < 4.78 is 0. The van der Waals surface area contributed by atoms with Crippen LogP contribution in [0.1, 0.15) is 27.5 Å². The van der Waals surface area contributed by atoms with E-state index in [0.29, 0.717) is 5.56 Å². The van der Waals surface area contributed by atoms with E-state index in [1.165, 1.54) is 0 Å². The van der Waals surface area contributed by atoms with Crippen molar-refractivity contribution in [2.75, 3.05) is 6.54 Å². The van der Waals surface area contributed by atoms with Gasteiger partial charge in [0, 0.05) is 5.56 Å². The Morgan fingerprint density at radius 3 is 1.87 bits per heavy atom. The van der Waals surface area contributed by atoms with Gasteiger partial charge in [-0.2, -0.15) is 0 Å². The standard InChI is InChI=1S/C26H22N2O2/c29-24(18-27-26(30)23-16-15-19-9-7-8-14-22(19)17-23)28-25(20-10-3-1-4-11-20)21-12-5-2-6-13-21/h1-17,25H,18H2,(H,27,30)(H,28,29). The van der Waals surface area contributed by atoms with Gasteiger partial charge in [0.05, 0.1) is 12.6 Å². The van der Waals surface area contributed by atoms with Crippen LogP contribution in [0.3, 0.4) is 0 Å². The van der Waals surface area contributed by atoms with Crippen molar-refractivity contribution in [1.29, 1.82) is 0 Å². The second kappa shape index (κ2) is 9.05. The van der Waals surface area contributed by atoms with E-state index in [9.17, 15) is 9.59 Å². The van der Waals surface area contributed by atoms with Gasteiger partial charge in [0.15, 0.2) is 0 Å². The number of carbonyl (C=O) groups is 2. The summed E-state index contributed by atoms with van der Waals surface area (Å²) in [6, 6.07) is 32.7. The maximum Gasteiger partial charge on any atom is 0.251 e. The first-order valence-corrected chi connectivity index (χ1v) is 9.87. The van der Waals surface area contributed by atoms with Crippen molar-refractivity contribution in [3.05, 3.63) is 120 Å². The zero-order valence-corrected chi connectivity index (χ0v) is 16.4. The number of amides is 2. The first-order chi connectivity index (χ1) is 14.7. The molecule has 0 aliphatic rings. The summed E-state index contributed by atoms with van der Waals surface area (Å²) in [6.07, 6.45) is 0. The predicted molar refractivity (Wildman–Crippen MR) is 119 cm³/mol. The largest absolute Gasteiger partial charge is 0.344 e. The zero-order chi connectivity index (χ0) is 20.8. The summed E-state index contributed by atoms with van der Waals surface area (Å²) in [7, 11) is 0. The van der Waals surface area contributed by atoms with Gasteiger partial charge in [-0.25, -0.2) is 0 Å². The van der Waals surface area contributed by atoms with Gasteiger partial charge in [0.25, 0.3) is 5.91 Å². The van der Waals surface area contributed by atoms with Gasteiger partial charge in [0.1, 0.15) is 0 Å². The molecule has 0 saturated carbocycles. The summed E-state index contributed by atoms with van der Waals surface area (Å²) >= 11 is 0. The van der Waals surface area contributed by atoms with Gasteiger partial charge < -0.3 is 10.6 Å². The first-order valence-electron chi connectivity index (χ1n) is 9.87. The van der Waals surface area contributed by atoms with Crippen molar-refractivity contribution in [2.45, 2.75) is 6.04 Å². The van der Waals surface area contributed by atoms with Crippen LogP contribution in [0.2, 0.25) is 0 Å². The fourth-order valence-electron chi connectivity index (χ4n) is 3.46. The lowest BCUT2D eigenvalue weighted by molar-refractivity contribution is -0.120. The van der Waals surface area contributed by atoms with Crippen LogP contribution in [0.25, 0.3) is 10.8 Å². The van der Waals surface area contributed by atoms with Crippen molar-refractivity contribution in [3.8, 4) is 0 Å². The Kier molecular flexibility index (Phi) is 5.85. The van der Waals surface area contributed by atoms with Crippen molar-refractivity contribution in [2.24, 2.45) is 0 Å². The van der Waals surface area contributed by atoms with E-state index < -0.39 is 0 Å². The van der Waals surface area contributed by atoms with Crippen LogP contribution >= 0.6 is 0 Å². The Morgan fingerprint density at radius 2 is 1.23 bits per heavy atom. The third-order valence-corrected chi connectivity index (χ3v) is 4.99. The maximum absolute atomic E-state index is 12.6. The van der Waals surface area contributed by atoms with Gasteiger partial charge in [0.2, 0.25) is 5.91 Å². The molecular weight excluding hydrogens is 372 g/mol. The van der Waals surface area contributed by atoms with Crippen LogP contribution in [0.4, 0.5) is 0 Å². The quantitative estimate of drug-likeness (QED) is 0.507. The molecule has 4 nitrogen and oxygen atoms in total. The molecule has 0 spiro atoms. The maximum atomic E-state index is 12.6. The van der Waals surface area contributed by atoms with E-state index in [2.05, 4.69) is 10.6 Å². The minimum atomic E-state index is -0.280. The number of rotatable bonds is 6. The average molecular weight is 394 g/mol. The molecule has 0 aliphatic heterocycles. The lowest BCUT2D eigenvalue weighted by Gasteiger charge is -2.20. The molecule has 0 aliphatic carbocycles. The van der Waals surface area contributed by atoms with Gasteiger partial charge in [-0.3, -0.25) is 9.59 Å². The van der Waals surface area contributed by atoms with E-state index >= 15 is 0 Å². The van der Waals surface area contributed by atoms with Crippen molar-refractivity contribution < 1.29 is 9.59 Å². The molecule has 4 aromatic carbocycles. The van der Waals surface area contributed by atoms with Crippen LogP contribution in [0, 0.1) is 0 Å². The van der Waals surface area contributed by atoms with Crippen molar-refractivity contribution in [3.63, 3.8) is 0 Å². The lowest BCUT2D eigenvalue weighted by atomic mass is 9.99. The molecule has 0 saturated heterocycles. The molecule has 0 radical (unpaired) electrons. The van der Waals surface area contributed by atoms with Gasteiger partial charge >= 0.3 is 0 Å². The molecule has 0 atom stereocenters. The molecule has 30 heavy (non-hydrogen) atoms. The highest BCUT2D eigenvalue weighted by molar-refractivity contribution is 6.00. The fourth-order valence-corrected chi connectivity index (χ4v) is 3.46. The molecule has 0 heterocycles. The van der Waals surface area contributed by atoms with Crippen molar-refractivity contribution >= 4 is 22.6 Å². The number of fused-ring (bicyclic) bond motifs is 1. The number of benzene rings is 4. The molecular formula is C26H22N2O2. The van der Waals surface area contributed by atoms with Crippen LogP contribution in [-0.4, -0.2) is 18.4 Å². The second-order valence-corrected chi connectivity index (χ2v) is 7.07. The fraction of sp³-hybridized carbons (Fsp3) is 0.0769. The number of nitrogens with one attached hydrogen (secondary N) is 2. The molecule has 2 N–H and O–H groups in total. The topological polar surface area (TPSA) is 58.2 Å². The summed E-state index contributed by atoms with van der Waals surface area (Å²) in [6.45, 7) is -0.0954. The Morgan fingerprint density at radius 1 is 0.667 bits per heavy atom. The number of hydrogen-bond donors (Lipinski definition) is 2. The SMILES string of the molecule is O=C(CNC(=O)c1ccc2ccccc2c1)NC(c1ccccc1)c1ccccc1. The highest BCUT2D eigenvalue weighted by atomic mass is 16.2. The zero-order valence-electron chi connectivity index (χ0n) is 16.4. The van der Waals surface area contributed by atoms with E-state index in [4.69, 9.17) is 0 Å². The average Bonchev–Trinajstić information content (AvgIpc) is 2.81. The minimum Gasteiger partial charge on any atom is -0.344 e. The molecule has 0 aromatic heterocycles. The summed E-state index contributed by atoms with van der Waals surface area (Å²) in [4.78, 5) is 25.1. The van der Waals surface area contributed by atoms with Gasteiger partial charge in [-0.1, -0.05) is 91.0 Å². The van der Waals surface area contributed by atoms with Crippen molar-refractivity contribution in [1.82, 2.24) is 10.6 Å². The second-order valence-electron chi connectivity index (χ2n) is 7.07. The molecule has 4 rings (SSSR count). The summed E-state index contributed by atoms with van der Waals surface area (Å²) in [5.41, 5.74) is 2.50. The molecule has 148 valence electrons. The molecule has 0 bridgehead atoms. The molecule has 4 aromatic rings. The third kappa shape index (κ3) is 4.55. The predicted octanol–water partition coefficient (Wildman–Crippen LogP) is 4.48. The third-order valence-electron chi connectivity index (χ3n) is 4.99. The van der Waals surface area contributed by atoms with E-state index in [0.717, 1.165) is 21.9 Å². The van der Waals surface area contributed by atoms with Crippen LogP contribution in [0.15, 0.2) is 103 Å². The Labute approximate surface area is 175 Å². The number of hydrogen-bond acceptors (Lipinski definition) is 2. The molecule has 0 fully saturated rings. The Bertz CT molecular complexity index is 1120. The van der Waals surface area contributed by atoms with Crippen LogP contribution in [-0.2, 0) is 4.79 Å². The van der Waals surface area contributed by atoms with Crippen LogP contribution in [0.5, 0.6) is 0 Å². The highest BCUT2D eigenvalue weighted by Crippen LogP contribution is 2.21. The van der Waals surface area contributed by atoms with Gasteiger partial charge in [-0.05, 0) is 34.0 Å². The molecule has 2 amide bonds. The number of carbonyl (C=O) groups excluding carboxylic acids is 2. The van der Waals surface area contributed by atoms with E-state index in [1.54, 1.807) is 6.07 Å². The summed E-state index contributed by atoms with van der Waals surface area (Å²) in [5.74, 6) is -0.520. The highest BCUT2D eigenvalue weighted by Gasteiger charge is 2.17. The lowest BCUT2D eigenvalue weighted by Crippen LogP contribution is -2.39. The monoisotopic (exact) mass is 394 g/mol. The first kappa shape index (κ1) is 19.4.